The van der Waals surface area contributed by atoms with E-state index in [1.54, 1.807) is 72.8 Å². The van der Waals surface area contributed by atoms with Crippen molar-refractivity contribution in [3.8, 4) is 45.2 Å². The Hall–Kier alpha value is -4.42. The van der Waals surface area contributed by atoms with Gasteiger partial charge in [-0.3, -0.25) is 0 Å². The quantitative estimate of drug-likeness (QED) is 0.149. The van der Waals surface area contributed by atoms with Crippen LogP contribution < -0.4 is 0 Å². The van der Waals surface area contributed by atoms with Crippen LogP contribution in [0.15, 0.2) is 150 Å². The van der Waals surface area contributed by atoms with Crippen LogP contribution in [0, 0.1) is 0 Å². The number of hydrogen-bond acceptors (Lipinski definition) is 8. The van der Waals surface area contributed by atoms with Crippen molar-refractivity contribution in [2.75, 3.05) is 0 Å². The zero-order valence-corrected chi connectivity index (χ0v) is 29.9. The highest BCUT2D eigenvalue weighted by atomic mass is 35.5. The Kier molecular flexibility index (Phi) is 9.10. The summed E-state index contributed by atoms with van der Waals surface area (Å²) in [7, 11) is -8.41. The molecular formula is C36H20Cl4N2O6S2. The van der Waals surface area contributed by atoms with Crippen LogP contribution in [-0.2, 0) is 19.7 Å². The molecule has 8 nitrogen and oxygen atoms in total. The predicted octanol–water partition coefficient (Wildman–Crippen LogP) is 10.6. The number of aromatic nitrogens is 2. The number of hydrogen-bond donors (Lipinski definition) is 0. The van der Waals surface area contributed by atoms with Gasteiger partial charge in [0.05, 0.1) is 9.79 Å². The average molecular weight is 783 g/mol. The molecule has 2 aromatic heterocycles. The molecule has 2 heterocycles. The second kappa shape index (κ2) is 13.4. The lowest BCUT2D eigenvalue weighted by atomic mass is 10.1. The molecule has 250 valence electrons. The summed E-state index contributed by atoms with van der Waals surface area (Å²) in [6.45, 7) is 0. The number of rotatable bonds is 8. The SMILES string of the molecule is O=S(=O)(c1ccc(Cl)cc1)c1c(-c2ccc(Cl)cc2)noc1-c1ccc(-c2onc(-c3ccc(Cl)cc3)c2S(=O)(=O)c2ccc(Cl)cc2)cc1. The molecule has 0 bridgehead atoms. The minimum Gasteiger partial charge on any atom is -0.354 e. The maximum absolute atomic E-state index is 14.1. The van der Waals surface area contributed by atoms with Crippen molar-refractivity contribution in [3.63, 3.8) is 0 Å². The Bertz CT molecular complexity index is 2390. The Balaban J connectivity index is 1.37. The number of sulfone groups is 2. The number of nitrogens with zero attached hydrogens (tertiary/aromatic N) is 2. The first kappa shape index (κ1) is 34.0. The lowest BCUT2D eigenvalue weighted by Crippen LogP contribution is -2.05. The standard InChI is InChI=1S/C36H20Cl4N2O6S2/c37-25-9-5-21(6-10-25)31-35(49(43,44)29-17-13-27(39)14-18-29)33(47-41-31)23-1-2-24(4-3-23)34-36(50(45,46)30-19-15-28(40)16-20-30)32(42-48-34)22-7-11-26(38)12-8-22/h1-20H. The molecule has 5 aromatic carbocycles. The van der Waals surface area contributed by atoms with Crippen molar-refractivity contribution in [2.45, 2.75) is 19.6 Å². The summed E-state index contributed by atoms with van der Waals surface area (Å²) in [4.78, 5) is -0.394. The van der Waals surface area contributed by atoms with E-state index in [0.717, 1.165) is 0 Å². The minimum absolute atomic E-state index is 0.0216. The minimum atomic E-state index is -4.21. The lowest BCUT2D eigenvalue weighted by molar-refractivity contribution is 0.432. The van der Waals surface area contributed by atoms with Gasteiger partial charge in [-0.2, -0.15) is 0 Å². The van der Waals surface area contributed by atoms with Gasteiger partial charge < -0.3 is 9.05 Å². The second-order valence-electron chi connectivity index (χ2n) is 10.9. The third-order valence-electron chi connectivity index (χ3n) is 7.73. The fraction of sp³-hybridized carbons (Fsp3) is 0. The molecule has 0 fully saturated rings. The topological polar surface area (TPSA) is 120 Å². The Morgan fingerprint density at radius 1 is 0.380 bits per heavy atom. The Labute approximate surface area is 306 Å². The predicted molar refractivity (Wildman–Crippen MR) is 192 cm³/mol. The first-order chi connectivity index (χ1) is 23.9. The molecule has 0 saturated heterocycles. The molecule has 0 radical (unpaired) electrons. The zero-order chi connectivity index (χ0) is 35.2. The Morgan fingerprint density at radius 2 is 0.640 bits per heavy atom. The smallest absolute Gasteiger partial charge is 0.212 e. The Morgan fingerprint density at radius 3 is 0.940 bits per heavy atom. The van der Waals surface area contributed by atoms with E-state index < -0.39 is 19.7 Å². The first-order valence-electron chi connectivity index (χ1n) is 14.6. The van der Waals surface area contributed by atoms with E-state index in [9.17, 15) is 16.8 Å². The van der Waals surface area contributed by atoms with Gasteiger partial charge >= 0.3 is 0 Å². The van der Waals surface area contributed by atoms with E-state index in [0.29, 0.717) is 42.3 Å². The second-order valence-corrected chi connectivity index (χ2v) is 16.4. The third kappa shape index (κ3) is 6.35. The van der Waals surface area contributed by atoms with E-state index in [2.05, 4.69) is 10.3 Å². The van der Waals surface area contributed by atoms with Crippen LogP contribution in [0.25, 0.3) is 45.2 Å². The first-order valence-corrected chi connectivity index (χ1v) is 19.0. The molecule has 7 rings (SSSR count). The van der Waals surface area contributed by atoms with Crippen LogP contribution in [-0.4, -0.2) is 27.1 Å². The van der Waals surface area contributed by atoms with Crippen molar-refractivity contribution in [3.05, 3.63) is 141 Å². The highest BCUT2D eigenvalue weighted by molar-refractivity contribution is 7.92. The van der Waals surface area contributed by atoms with Crippen LogP contribution in [0.2, 0.25) is 20.1 Å². The monoisotopic (exact) mass is 780 g/mol. The van der Waals surface area contributed by atoms with Crippen molar-refractivity contribution in [2.24, 2.45) is 0 Å². The van der Waals surface area contributed by atoms with Gasteiger partial charge in [-0.15, -0.1) is 0 Å². The molecule has 0 amide bonds. The summed E-state index contributed by atoms with van der Waals surface area (Å²) in [6, 6.07) is 30.8. The van der Waals surface area contributed by atoms with Crippen molar-refractivity contribution in [1.82, 2.24) is 10.3 Å². The molecular weight excluding hydrogens is 762 g/mol. The molecule has 14 heteroatoms. The van der Waals surface area contributed by atoms with Gasteiger partial charge in [0.25, 0.3) is 0 Å². The number of benzene rings is 5. The summed E-state index contributed by atoms with van der Waals surface area (Å²) in [6.07, 6.45) is 0. The van der Waals surface area contributed by atoms with Crippen molar-refractivity contribution in [1.29, 1.82) is 0 Å². The molecule has 0 N–H and O–H groups in total. The van der Waals surface area contributed by atoms with E-state index in [1.165, 1.54) is 48.5 Å². The van der Waals surface area contributed by atoms with Gasteiger partial charge in [-0.05, 0) is 72.8 Å². The molecule has 0 aliphatic rings. The summed E-state index contributed by atoms with van der Waals surface area (Å²) in [5, 5.41) is 9.97. The highest BCUT2D eigenvalue weighted by Gasteiger charge is 2.34. The third-order valence-corrected chi connectivity index (χ3v) is 12.4. The van der Waals surface area contributed by atoms with Crippen LogP contribution >= 0.6 is 46.4 Å². The molecule has 7 aromatic rings. The van der Waals surface area contributed by atoms with E-state index in [1.807, 2.05) is 0 Å². The van der Waals surface area contributed by atoms with Crippen LogP contribution in [0.1, 0.15) is 0 Å². The van der Waals surface area contributed by atoms with E-state index in [4.69, 9.17) is 55.4 Å². The van der Waals surface area contributed by atoms with Gasteiger partial charge in [0.1, 0.15) is 21.2 Å². The molecule has 0 saturated carbocycles. The summed E-state index contributed by atoms with van der Waals surface area (Å²) >= 11 is 24.3. The van der Waals surface area contributed by atoms with Crippen LogP contribution in [0.4, 0.5) is 0 Å². The number of halogens is 4. The van der Waals surface area contributed by atoms with Crippen LogP contribution in [0.5, 0.6) is 0 Å². The van der Waals surface area contributed by atoms with Gasteiger partial charge in [-0.1, -0.05) is 105 Å². The van der Waals surface area contributed by atoms with Crippen LogP contribution in [0.3, 0.4) is 0 Å². The molecule has 50 heavy (non-hydrogen) atoms. The summed E-state index contributed by atoms with van der Waals surface area (Å²) in [5.74, 6) is -0.0743. The highest BCUT2D eigenvalue weighted by Crippen LogP contribution is 2.42. The maximum Gasteiger partial charge on any atom is 0.212 e. The maximum atomic E-state index is 14.1. The van der Waals surface area contributed by atoms with Gasteiger partial charge in [-0.25, -0.2) is 16.8 Å². The molecule has 0 aliphatic carbocycles. The fourth-order valence-electron chi connectivity index (χ4n) is 5.25. The normalized spacial score (nSPS) is 11.9. The summed E-state index contributed by atoms with van der Waals surface area (Å²) < 4.78 is 68.0. The largest absolute Gasteiger partial charge is 0.354 e. The van der Waals surface area contributed by atoms with E-state index in [-0.39, 0.29) is 42.5 Å². The van der Waals surface area contributed by atoms with Crippen molar-refractivity contribution < 1.29 is 25.9 Å². The molecule has 0 atom stereocenters. The average Bonchev–Trinajstić information content (AvgIpc) is 3.76. The van der Waals surface area contributed by atoms with Crippen molar-refractivity contribution >= 4 is 66.1 Å². The summed E-state index contributed by atoms with van der Waals surface area (Å²) in [5.41, 5.74) is 1.76. The van der Waals surface area contributed by atoms with Gasteiger partial charge in [0, 0.05) is 42.3 Å². The van der Waals surface area contributed by atoms with Gasteiger partial charge in [0.2, 0.25) is 19.7 Å². The molecule has 0 aliphatic heterocycles. The van der Waals surface area contributed by atoms with Gasteiger partial charge in [0.15, 0.2) is 11.5 Å². The fourth-order valence-corrected chi connectivity index (χ4v) is 8.83. The van der Waals surface area contributed by atoms with E-state index >= 15 is 0 Å². The molecule has 0 unspecified atom stereocenters. The molecule has 0 spiro atoms. The zero-order valence-electron chi connectivity index (χ0n) is 25.2. The lowest BCUT2D eigenvalue weighted by Gasteiger charge is -2.09.